The summed E-state index contributed by atoms with van der Waals surface area (Å²) in [5.74, 6) is 1.17. The Balaban J connectivity index is 1.55. The van der Waals surface area contributed by atoms with Crippen molar-refractivity contribution in [3.63, 3.8) is 0 Å². The van der Waals surface area contributed by atoms with Gasteiger partial charge in [-0.2, -0.15) is 0 Å². The largest absolute Gasteiger partial charge is 0.497 e. The molecule has 1 amide bonds. The number of amides is 1. The zero-order valence-electron chi connectivity index (χ0n) is 12.5. The number of nitrogens with zero attached hydrogens (tertiary/aromatic N) is 2. The minimum atomic E-state index is -0.0401. The molecule has 0 bridgehead atoms. The average Bonchev–Trinajstić information content (AvgIpc) is 2.95. The van der Waals surface area contributed by atoms with Crippen molar-refractivity contribution in [3.8, 4) is 5.75 Å². The first-order valence-corrected chi connectivity index (χ1v) is 7.25. The van der Waals surface area contributed by atoms with E-state index < -0.39 is 0 Å². The average molecular weight is 305 g/mol. The Morgan fingerprint density at radius 1 is 1.41 bits per heavy atom. The molecule has 7 heteroatoms. The Kier molecular flexibility index (Phi) is 4.55. The van der Waals surface area contributed by atoms with Crippen LogP contribution in [0, 0.1) is 0 Å². The fourth-order valence-electron chi connectivity index (χ4n) is 2.35. The highest BCUT2D eigenvalue weighted by atomic mass is 16.5. The Hall–Kier alpha value is -2.12. The van der Waals surface area contributed by atoms with Gasteiger partial charge in [0.15, 0.2) is 5.58 Å². The van der Waals surface area contributed by atoms with Crippen LogP contribution in [-0.4, -0.2) is 55.7 Å². The first-order valence-electron chi connectivity index (χ1n) is 7.25. The van der Waals surface area contributed by atoms with Crippen molar-refractivity contribution >= 4 is 17.0 Å². The summed E-state index contributed by atoms with van der Waals surface area (Å²) >= 11 is 0. The molecule has 7 nitrogen and oxygen atoms in total. The lowest BCUT2D eigenvalue weighted by atomic mass is 10.3. The van der Waals surface area contributed by atoms with Gasteiger partial charge in [0.25, 0.3) is 0 Å². The van der Waals surface area contributed by atoms with Crippen LogP contribution in [0.4, 0.5) is 0 Å². The molecule has 2 aromatic rings. The number of aromatic nitrogens is 1. The SMILES string of the molecule is COc1ccc2oc(CNC(=O)CN3CCOCC3)nc2c1. The van der Waals surface area contributed by atoms with Crippen molar-refractivity contribution in [1.82, 2.24) is 15.2 Å². The predicted octanol–water partition coefficient (Wildman–Crippen LogP) is 0.785. The van der Waals surface area contributed by atoms with Crippen molar-refractivity contribution in [2.45, 2.75) is 6.54 Å². The third-order valence-corrected chi connectivity index (χ3v) is 3.55. The Morgan fingerprint density at radius 2 is 2.23 bits per heavy atom. The number of nitrogens with one attached hydrogen (secondary N) is 1. The van der Waals surface area contributed by atoms with Crippen molar-refractivity contribution in [1.29, 1.82) is 0 Å². The minimum absolute atomic E-state index is 0.0401. The van der Waals surface area contributed by atoms with E-state index in [4.69, 9.17) is 13.9 Å². The summed E-state index contributed by atoms with van der Waals surface area (Å²) < 4.78 is 16.0. The van der Waals surface area contributed by atoms with Gasteiger partial charge in [0.05, 0.1) is 33.4 Å². The van der Waals surface area contributed by atoms with Crippen LogP contribution in [0.15, 0.2) is 22.6 Å². The number of hydrogen-bond acceptors (Lipinski definition) is 6. The molecular formula is C15H19N3O4. The van der Waals surface area contributed by atoms with Crippen LogP contribution in [0.1, 0.15) is 5.89 Å². The normalized spacial score (nSPS) is 15.9. The second kappa shape index (κ2) is 6.76. The fraction of sp³-hybridized carbons (Fsp3) is 0.467. The lowest BCUT2D eigenvalue weighted by molar-refractivity contribution is -0.123. The van der Waals surface area contributed by atoms with E-state index in [0.29, 0.717) is 31.2 Å². The zero-order chi connectivity index (χ0) is 15.4. The van der Waals surface area contributed by atoms with E-state index in [1.54, 1.807) is 19.2 Å². The van der Waals surface area contributed by atoms with Crippen LogP contribution in [-0.2, 0) is 16.1 Å². The number of fused-ring (bicyclic) bond motifs is 1. The number of carbonyl (C=O) groups excluding carboxylic acids is 1. The summed E-state index contributed by atoms with van der Waals surface area (Å²) in [5, 5.41) is 2.83. The molecule has 0 atom stereocenters. The number of rotatable bonds is 5. The van der Waals surface area contributed by atoms with E-state index in [-0.39, 0.29) is 12.5 Å². The monoisotopic (exact) mass is 305 g/mol. The number of carbonyl (C=O) groups is 1. The van der Waals surface area contributed by atoms with Gasteiger partial charge >= 0.3 is 0 Å². The van der Waals surface area contributed by atoms with Gasteiger partial charge in [0, 0.05) is 19.2 Å². The van der Waals surface area contributed by atoms with E-state index in [1.165, 1.54) is 0 Å². The van der Waals surface area contributed by atoms with Gasteiger partial charge in [0.2, 0.25) is 11.8 Å². The quantitative estimate of drug-likeness (QED) is 0.880. The fourth-order valence-corrected chi connectivity index (χ4v) is 2.35. The van der Waals surface area contributed by atoms with Crippen molar-refractivity contribution < 1.29 is 18.7 Å². The van der Waals surface area contributed by atoms with Gasteiger partial charge in [-0.1, -0.05) is 0 Å². The maximum atomic E-state index is 11.9. The number of methoxy groups -OCH3 is 1. The number of morpholine rings is 1. The number of oxazole rings is 1. The van der Waals surface area contributed by atoms with Crippen molar-refractivity contribution in [2.75, 3.05) is 40.0 Å². The van der Waals surface area contributed by atoms with Gasteiger partial charge in [-0.15, -0.1) is 0 Å². The molecule has 1 fully saturated rings. The summed E-state index contributed by atoms with van der Waals surface area (Å²) in [4.78, 5) is 18.3. The molecule has 22 heavy (non-hydrogen) atoms. The van der Waals surface area contributed by atoms with Crippen molar-refractivity contribution in [2.24, 2.45) is 0 Å². The Bertz CT molecular complexity index is 649. The molecule has 0 spiro atoms. The molecule has 2 heterocycles. The first kappa shape index (κ1) is 14.8. The third kappa shape index (κ3) is 3.55. The van der Waals surface area contributed by atoms with Gasteiger partial charge in [-0.25, -0.2) is 4.98 Å². The number of hydrogen-bond donors (Lipinski definition) is 1. The molecule has 0 unspecified atom stereocenters. The van der Waals surface area contributed by atoms with E-state index >= 15 is 0 Å². The zero-order valence-corrected chi connectivity index (χ0v) is 12.5. The molecule has 3 rings (SSSR count). The summed E-state index contributed by atoms with van der Waals surface area (Å²) in [7, 11) is 1.61. The highest BCUT2D eigenvalue weighted by Gasteiger charge is 2.14. The highest BCUT2D eigenvalue weighted by molar-refractivity contribution is 5.78. The molecule has 1 N–H and O–H groups in total. The summed E-state index contributed by atoms with van der Waals surface area (Å²) in [6.07, 6.45) is 0. The molecule has 0 radical (unpaired) electrons. The maximum Gasteiger partial charge on any atom is 0.234 e. The van der Waals surface area contributed by atoms with Gasteiger partial charge in [0.1, 0.15) is 11.3 Å². The number of benzene rings is 1. The van der Waals surface area contributed by atoms with Crippen LogP contribution < -0.4 is 10.1 Å². The van der Waals surface area contributed by atoms with E-state index in [9.17, 15) is 4.79 Å². The molecule has 1 aromatic heterocycles. The summed E-state index contributed by atoms with van der Waals surface area (Å²) in [6, 6.07) is 5.42. The number of ether oxygens (including phenoxy) is 2. The molecule has 1 aromatic carbocycles. The smallest absolute Gasteiger partial charge is 0.234 e. The van der Waals surface area contributed by atoms with Crippen LogP contribution in [0.25, 0.3) is 11.1 Å². The molecule has 0 saturated carbocycles. The van der Waals surface area contributed by atoms with Crippen molar-refractivity contribution in [3.05, 3.63) is 24.1 Å². The molecule has 118 valence electrons. The topological polar surface area (TPSA) is 76.8 Å². The van der Waals surface area contributed by atoms with E-state index in [0.717, 1.165) is 24.4 Å². The van der Waals surface area contributed by atoms with Crippen LogP contribution in [0.2, 0.25) is 0 Å². The standard InChI is InChI=1S/C15H19N3O4/c1-20-11-2-3-13-12(8-11)17-15(22-13)9-16-14(19)10-18-4-6-21-7-5-18/h2-3,8H,4-7,9-10H2,1H3,(H,16,19). The predicted molar refractivity (Wildman–Crippen MR) is 79.7 cm³/mol. The van der Waals surface area contributed by atoms with Crippen LogP contribution in [0.5, 0.6) is 5.75 Å². The molecular weight excluding hydrogens is 286 g/mol. The van der Waals surface area contributed by atoms with Crippen LogP contribution in [0.3, 0.4) is 0 Å². The molecule has 1 aliphatic rings. The van der Waals surface area contributed by atoms with Gasteiger partial charge in [-0.05, 0) is 12.1 Å². The Labute approximate surface area is 128 Å². The van der Waals surface area contributed by atoms with E-state index in [1.807, 2.05) is 6.07 Å². The van der Waals surface area contributed by atoms with E-state index in [2.05, 4.69) is 15.2 Å². The van der Waals surface area contributed by atoms with Gasteiger partial charge in [-0.3, -0.25) is 9.69 Å². The maximum absolute atomic E-state index is 11.9. The lowest BCUT2D eigenvalue weighted by Crippen LogP contribution is -2.43. The lowest BCUT2D eigenvalue weighted by Gasteiger charge is -2.25. The highest BCUT2D eigenvalue weighted by Crippen LogP contribution is 2.21. The molecule has 1 aliphatic heterocycles. The van der Waals surface area contributed by atoms with Gasteiger partial charge < -0.3 is 19.2 Å². The second-order valence-corrected chi connectivity index (χ2v) is 5.11. The third-order valence-electron chi connectivity index (χ3n) is 3.55. The summed E-state index contributed by atoms with van der Waals surface area (Å²) in [5.41, 5.74) is 1.40. The second-order valence-electron chi connectivity index (χ2n) is 5.11. The Morgan fingerprint density at radius 3 is 3.00 bits per heavy atom. The molecule has 0 aliphatic carbocycles. The van der Waals surface area contributed by atoms with Crippen LogP contribution >= 0.6 is 0 Å². The minimum Gasteiger partial charge on any atom is -0.497 e. The molecule has 1 saturated heterocycles. The first-order chi connectivity index (χ1) is 10.7. The summed E-state index contributed by atoms with van der Waals surface area (Å²) in [6.45, 7) is 3.59.